The fourth-order valence-corrected chi connectivity index (χ4v) is 5.88. The molecule has 3 rings (SSSR count). The fourth-order valence-electron chi connectivity index (χ4n) is 3.83. The highest BCUT2D eigenvalue weighted by Gasteiger charge is 2.46. The van der Waals surface area contributed by atoms with Crippen LogP contribution in [0.3, 0.4) is 0 Å². The van der Waals surface area contributed by atoms with Crippen molar-refractivity contribution in [3.05, 3.63) is 46.5 Å². The second-order valence-electron chi connectivity index (χ2n) is 6.82. The highest BCUT2D eigenvalue weighted by molar-refractivity contribution is 7.92. The number of hydrogen-bond donors (Lipinski definition) is 1. The van der Waals surface area contributed by atoms with Crippen molar-refractivity contribution < 1.29 is 18.3 Å². The number of aromatic hydroxyl groups is 1. The van der Waals surface area contributed by atoms with E-state index in [2.05, 4.69) is 13.0 Å². The summed E-state index contributed by atoms with van der Waals surface area (Å²) in [6.07, 6.45) is 5.41. The summed E-state index contributed by atoms with van der Waals surface area (Å²) in [5.74, 6) is 0.475. The molecule has 2 atom stereocenters. The molecule has 1 N–H and O–H groups in total. The Balaban J connectivity index is 1.72. The molecule has 2 aliphatic rings. The highest BCUT2D eigenvalue weighted by atomic mass is 32.2. The number of sulfone groups is 1. The molecule has 2 heterocycles. The molecule has 0 bridgehead atoms. The molecule has 1 aromatic carbocycles. The van der Waals surface area contributed by atoms with E-state index in [9.17, 15) is 13.5 Å². The number of benzene rings is 1. The van der Waals surface area contributed by atoms with Crippen LogP contribution in [0.1, 0.15) is 45.1 Å². The van der Waals surface area contributed by atoms with Gasteiger partial charge < -0.3 is 9.84 Å². The summed E-state index contributed by atoms with van der Waals surface area (Å²) in [4.78, 5) is 0. The zero-order valence-corrected chi connectivity index (χ0v) is 15.7. The first-order chi connectivity index (χ1) is 11.9. The first kappa shape index (κ1) is 18.2. The Morgan fingerprint density at radius 2 is 2.16 bits per heavy atom. The van der Waals surface area contributed by atoms with Gasteiger partial charge in [-0.2, -0.15) is 0 Å². The van der Waals surface area contributed by atoms with Crippen molar-refractivity contribution in [3.8, 4) is 5.75 Å². The summed E-state index contributed by atoms with van der Waals surface area (Å²) in [6, 6.07) is 7.22. The van der Waals surface area contributed by atoms with Crippen molar-refractivity contribution in [2.45, 2.75) is 50.9 Å². The third kappa shape index (κ3) is 3.82. The van der Waals surface area contributed by atoms with Crippen LogP contribution in [0.4, 0.5) is 0 Å². The van der Waals surface area contributed by atoms with E-state index in [0.717, 1.165) is 42.4 Å². The highest BCUT2D eigenvalue weighted by Crippen LogP contribution is 2.39. The van der Waals surface area contributed by atoms with Gasteiger partial charge in [0, 0.05) is 0 Å². The van der Waals surface area contributed by atoms with Crippen LogP contribution in [0, 0.1) is 0 Å². The standard InChI is InChI=1S/C20H26O4S/c1-3-14(10-15-6-5-7-17(21)11-15)8-9-18-20-16(4-2)13-25(22,23)19(20)12-24-18/h5-7,10-11,18-19,21H,3-4,8-9,12-13H2,1-2H3/b14-10+/t18-,19+/m1/s1. The molecule has 0 radical (unpaired) electrons. The zero-order valence-electron chi connectivity index (χ0n) is 14.9. The molecule has 0 saturated carbocycles. The second kappa shape index (κ2) is 7.34. The normalized spacial score (nSPS) is 25.4. The van der Waals surface area contributed by atoms with Crippen molar-refractivity contribution in [2.75, 3.05) is 12.4 Å². The molecule has 0 aliphatic carbocycles. The number of fused-ring (bicyclic) bond motifs is 1. The molecular formula is C20H26O4S. The number of phenols is 1. The van der Waals surface area contributed by atoms with Crippen molar-refractivity contribution in [3.63, 3.8) is 0 Å². The summed E-state index contributed by atoms with van der Waals surface area (Å²) >= 11 is 0. The Kier molecular flexibility index (Phi) is 5.35. The molecular weight excluding hydrogens is 336 g/mol. The molecule has 0 spiro atoms. The Hall–Kier alpha value is -1.59. The summed E-state index contributed by atoms with van der Waals surface area (Å²) in [7, 11) is -3.06. The van der Waals surface area contributed by atoms with Crippen LogP contribution in [0.2, 0.25) is 0 Å². The Bertz CT molecular complexity index is 805. The lowest BCUT2D eigenvalue weighted by molar-refractivity contribution is 0.117. The molecule has 4 nitrogen and oxygen atoms in total. The summed E-state index contributed by atoms with van der Waals surface area (Å²) < 4.78 is 30.4. The van der Waals surface area contributed by atoms with Gasteiger partial charge in [-0.1, -0.05) is 43.2 Å². The van der Waals surface area contributed by atoms with Crippen molar-refractivity contribution >= 4 is 15.9 Å². The second-order valence-corrected chi connectivity index (χ2v) is 9.00. The summed E-state index contributed by atoms with van der Waals surface area (Å²) in [6.45, 7) is 4.45. The molecule has 5 heteroatoms. The number of hydrogen-bond acceptors (Lipinski definition) is 4. The van der Waals surface area contributed by atoms with Crippen LogP contribution in [0.15, 0.2) is 41.0 Å². The maximum Gasteiger partial charge on any atom is 0.163 e. The monoisotopic (exact) mass is 362 g/mol. The average Bonchev–Trinajstić information content (AvgIpc) is 3.11. The van der Waals surface area contributed by atoms with Crippen LogP contribution >= 0.6 is 0 Å². The van der Waals surface area contributed by atoms with E-state index in [0.29, 0.717) is 6.61 Å². The van der Waals surface area contributed by atoms with Crippen molar-refractivity contribution in [1.82, 2.24) is 0 Å². The van der Waals surface area contributed by atoms with Gasteiger partial charge in [0.05, 0.1) is 18.5 Å². The van der Waals surface area contributed by atoms with Crippen LogP contribution in [0.25, 0.3) is 6.08 Å². The van der Waals surface area contributed by atoms with Gasteiger partial charge in [0.1, 0.15) is 11.0 Å². The van der Waals surface area contributed by atoms with Gasteiger partial charge in [0.15, 0.2) is 9.84 Å². The minimum absolute atomic E-state index is 0.0728. The van der Waals surface area contributed by atoms with Crippen LogP contribution in [-0.2, 0) is 14.6 Å². The molecule has 0 amide bonds. The third-order valence-electron chi connectivity index (χ3n) is 5.21. The molecule has 2 aliphatic heterocycles. The number of ether oxygens (including phenoxy) is 1. The minimum Gasteiger partial charge on any atom is -0.508 e. The van der Waals surface area contributed by atoms with E-state index >= 15 is 0 Å². The quantitative estimate of drug-likeness (QED) is 0.780. The van der Waals surface area contributed by atoms with Crippen LogP contribution in [-0.4, -0.2) is 37.2 Å². The third-order valence-corrected chi connectivity index (χ3v) is 7.22. The number of rotatable bonds is 6. The van der Waals surface area contributed by atoms with Crippen molar-refractivity contribution in [1.29, 1.82) is 0 Å². The van der Waals surface area contributed by atoms with Crippen molar-refractivity contribution in [2.24, 2.45) is 0 Å². The lowest BCUT2D eigenvalue weighted by Gasteiger charge is -2.14. The average molecular weight is 362 g/mol. The molecule has 0 unspecified atom stereocenters. The smallest absolute Gasteiger partial charge is 0.163 e. The first-order valence-corrected chi connectivity index (χ1v) is 10.7. The molecule has 0 aromatic heterocycles. The largest absolute Gasteiger partial charge is 0.508 e. The molecule has 136 valence electrons. The maximum atomic E-state index is 12.3. The number of allylic oxidation sites excluding steroid dienone is 1. The Labute approximate surface area is 150 Å². The van der Waals surface area contributed by atoms with E-state index in [1.54, 1.807) is 12.1 Å². The lowest BCUT2D eigenvalue weighted by atomic mass is 9.95. The van der Waals surface area contributed by atoms with E-state index in [1.165, 1.54) is 5.57 Å². The summed E-state index contributed by atoms with van der Waals surface area (Å²) in [5, 5.41) is 9.19. The maximum absolute atomic E-state index is 12.3. The minimum atomic E-state index is -3.06. The molecule has 1 aromatic rings. The molecule has 25 heavy (non-hydrogen) atoms. The SMILES string of the molecule is CCC1=C2[C@@H](CC/C(=C/c3cccc(O)c3)CC)OC[C@@H]2S(=O)(=O)C1. The van der Waals surface area contributed by atoms with Gasteiger partial charge in [0.2, 0.25) is 0 Å². The lowest BCUT2D eigenvalue weighted by Crippen LogP contribution is -2.19. The molecule has 1 saturated heterocycles. The zero-order chi connectivity index (χ0) is 18.0. The fraction of sp³-hybridized carbons (Fsp3) is 0.500. The topological polar surface area (TPSA) is 63.6 Å². The predicted octanol–water partition coefficient (Wildman–Crippen LogP) is 3.87. The van der Waals surface area contributed by atoms with Crippen LogP contribution in [0.5, 0.6) is 5.75 Å². The Morgan fingerprint density at radius 1 is 1.36 bits per heavy atom. The van der Waals surface area contributed by atoms with E-state index in [-0.39, 0.29) is 17.6 Å². The van der Waals surface area contributed by atoms with Gasteiger partial charge in [-0.3, -0.25) is 0 Å². The van der Waals surface area contributed by atoms with E-state index in [4.69, 9.17) is 4.74 Å². The summed E-state index contributed by atoms with van der Waals surface area (Å²) in [5.41, 5.74) is 4.36. The number of phenolic OH excluding ortho intramolecular Hbond substituents is 1. The predicted molar refractivity (Wildman–Crippen MR) is 100 cm³/mol. The van der Waals surface area contributed by atoms with Gasteiger partial charge in [-0.25, -0.2) is 8.42 Å². The first-order valence-electron chi connectivity index (χ1n) is 8.98. The van der Waals surface area contributed by atoms with Gasteiger partial charge >= 0.3 is 0 Å². The Morgan fingerprint density at radius 3 is 2.84 bits per heavy atom. The van der Waals surface area contributed by atoms with Gasteiger partial charge in [-0.15, -0.1) is 0 Å². The van der Waals surface area contributed by atoms with Gasteiger partial charge in [-0.05, 0) is 49.0 Å². The van der Waals surface area contributed by atoms with Crippen LogP contribution < -0.4 is 0 Å². The van der Waals surface area contributed by atoms with E-state index < -0.39 is 15.1 Å². The molecule has 1 fully saturated rings. The van der Waals surface area contributed by atoms with E-state index in [1.807, 2.05) is 19.1 Å². The van der Waals surface area contributed by atoms with Gasteiger partial charge in [0.25, 0.3) is 0 Å².